The van der Waals surface area contributed by atoms with Crippen molar-refractivity contribution >= 4 is 0 Å². The van der Waals surface area contributed by atoms with Gasteiger partial charge in [-0.25, -0.2) is 0 Å². The van der Waals surface area contributed by atoms with E-state index in [0.717, 1.165) is 12.3 Å². The van der Waals surface area contributed by atoms with E-state index in [9.17, 15) is 5.11 Å². The number of rotatable bonds is 1. The molecule has 0 saturated heterocycles. The molecule has 3 aliphatic rings. The third-order valence-corrected chi connectivity index (χ3v) is 4.68. The van der Waals surface area contributed by atoms with Gasteiger partial charge in [-0.1, -0.05) is 6.42 Å². The lowest BCUT2D eigenvalue weighted by atomic mass is 9.66. The van der Waals surface area contributed by atoms with Gasteiger partial charge in [0.15, 0.2) is 0 Å². The van der Waals surface area contributed by atoms with Gasteiger partial charge in [0.2, 0.25) is 0 Å². The van der Waals surface area contributed by atoms with Gasteiger partial charge in [0.05, 0.1) is 5.60 Å². The van der Waals surface area contributed by atoms with Gasteiger partial charge in [-0.05, 0) is 56.3 Å². The Hall–Kier alpha value is -0.0400. The highest BCUT2D eigenvalue weighted by molar-refractivity contribution is 5.05. The first-order chi connectivity index (χ1) is 5.79. The van der Waals surface area contributed by atoms with Crippen molar-refractivity contribution in [3.05, 3.63) is 0 Å². The fourth-order valence-corrected chi connectivity index (χ4v) is 3.75. The largest absolute Gasteiger partial charge is 0.389 e. The van der Waals surface area contributed by atoms with Crippen molar-refractivity contribution in [2.24, 2.45) is 17.8 Å². The van der Waals surface area contributed by atoms with E-state index in [4.69, 9.17) is 0 Å². The lowest BCUT2D eigenvalue weighted by Gasteiger charge is -2.44. The molecule has 3 rings (SSSR count). The zero-order valence-corrected chi connectivity index (χ0v) is 7.63. The van der Waals surface area contributed by atoms with Gasteiger partial charge >= 0.3 is 0 Å². The lowest BCUT2D eigenvalue weighted by molar-refractivity contribution is -0.0907. The molecule has 1 N–H and O–H groups in total. The number of hydrogen-bond donors (Lipinski definition) is 1. The van der Waals surface area contributed by atoms with Crippen molar-refractivity contribution in [3.63, 3.8) is 0 Å². The third kappa shape index (κ3) is 0.783. The quantitative estimate of drug-likeness (QED) is 0.634. The van der Waals surface area contributed by atoms with Crippen LogP contribution in [0.4, 0.5) is 0 Å². The van der Waals surface area contributed by atoms with Crippen molar-refractivity contribution in [2.45, 2.75) is 50.5 Å². The summed E-state index contributed by atoms with van der Waals surface area (Å²) in [4.78, 5) is 0. The lowest BCUT2D eigenvalue weighted by Crippen LogP contribution is -2.45. The summed E-state index contributed by atoms with van der Waals surface area (Å²) < 4.78 is 0. The van der Waals surface area contributed by atoms with E-state index in [2.05, 4.69) is 0 Å². The first-order valence-electron chi connectivity index (χ1n) is 5.51. The Kier molecular flexibility index (Phi) is 1.39. The molecular formula is C11H18O. The molecule has 0 amide bonds. The molecule has 12 heavy (non-hydrogen) atoms. The van der Waals surface area contributed by atoms with Crippen molar-refractivity contribution in [2.75, 3.05) is 0 Å². The summed E-state index contributed by atoms with van der Waals surface area (Å²) in [7, 11) is 0. The molecule has 1 heteroatoms. The van der Waals surface area contributed by atoms with Crippen LogP contribution in [0.1, 0.15) is 44.9 Å². The Morgan fingerprint density at radius 1 is 1.00 bits per heavy atom. The monoisotopic (exact) mass is 166 g/mol. The van der Waals surface area contributed by atoms with Crippen LogP contribution in [0.2, 0.25) is 0 Å². The maximum atomic E-state index is 10.5. The topological polar surface area (TPSA) is 20.2 Å². The minimum atomic E-state index is -0.193. The molecule has 1 nitrogen and oxygen atoms in total. The smallest absolute Gasteiger partial charge is 0.0706 e. The van der Waals surface area contributed by atoms with Crippen LogP contribution < -0.4 is 0 Å². The summed E-state index contributed by atoms with van der Waals surface area (Å²) in [5, 5.41) is 10.5. The summed E-state index contributed by atoms with van der Waals surface area (Å²) >= 11 is 0. The van der Waals surface area contributed by atoms with Crippen molar-refractivity contribution in [1.82, 2.24) is 0 Å². The molecule has 2 bridgehead atoms. The van der Waals surface area contributed by atoms with Crippen LogP contribution >= 0.6 is 0 Å². The second-order valence-corrected chi connectivity index (χ2v) is 5.20. The number of hydrogen-bond acceptors (Lipinski definition) is 1. The SMILES string of the molecule is OC1(C2CCC2)CC2CCC1C2. The maximum Gasteiger partial charge on any atom is 0.0706 e. The molecule has 0 heterocycles. The second kappa shape index (κ2) is 2.25. The van der Waals surface area contributed by atoms with Gasteiger partial charge in [0, 0.05) is 0 Å². The number of fused-ring (bicyclic) bond motifs is 2. The van der Waals surface area contributed by atoms with Gasteiger partial charge < -0.3 is 5.11 Å². The minimum Gasteiger partial charge on any atom is -0.389 e. The van der Waals surface area contributed by atoms with Gasteiger partial charge in [-0.2, -0.15) is 0 Å². The van der Waals surface area contributed by atoms with Gasteiger partial charge in [-0.15, -0.1) is 0 Å². The average molecular weight is 166 g/mol. The Labute approximate surface area is 74.2 Å². The van der Waals surface area contributed by atoms with Crippen LogP contribution in [-0.2, 0) is 0 Å². The molecule has 3 unspecified atom stereocenters. The Balaban J connectivity index is 1.81. The zero-order valence-electron chi connectivity index (χ0n) is 7.63. The Morgan fingerprint density at radius 2 is 1.83 bits per heavy atom. The van der Waals surface area contributed by atoms with Gasteiger partial charge in [0.1, 0.15) is 0 Å². The van der Waals surface area contributed by atoms with E-state index in [1.165, 1.54) is 38.5 Å². The predicted molar refractivity (Wildman–Crippen MR) is 47.7 cm³/mol. The molecule has 0 aliphatic heterocycles. The van der Waals surface area contributed by atoms with Gasteiger partial charge in [-0.3, -0.25) is 0 Å². The first-order valence-corrected chi connectivity index (χ1v) is 5.51. The molecule has 0 spiro atoms. The zero-order chi connectivity index (χ0) is 8.18. The highest BCUT2D eigenvalue weighted by atomic mass is 16.3. The molecule has 0 aromatic rings. The molecule has 3 atom stereocenters. The van der Waals surface area contributed by atoms with Crippen molar-refractivity contribution < 1.29 is 5.11 Å². The summed E-state index contributed by atoms with van der Waals surface area (Å²) in [5.41, 5.74) is -0.193. The summed E-state index contributed by atoms with van der Waals surface area (Å²) in [6.07, 6.45) is 9.18. The molecule has 68 valence electrons. The van der Waals surface area contributed by atoms with Crippen LogP contribution in [0, 0.1) is 17.8 Å². The van der Waals surface area contributed by atoms with E-state index >= 15 is 0 Å². The van der Waals surface area contributed by atoms with Crippen LogP contribution in [0.5, 0.6) is 0 Å². The molecule has 0 aromatic carbocycles. The molecule has 3 saturated carbocycles. The van der Waals surface area contributed by atoms with Crippen molar-refractivity contribution in [1.29, 1.82) is 0 Å². The first kappa shape index (κ1) is 7.37. The normalized spacial score (nSPS) is 52.8. The minimum absolute atomic E-state index is 0.193. The average Bonchev–Trinajstić information content (AvgIpc) is 2.39. The highest BCUT2D eigenvalue weighted by Crippen LogP contribution is 2.57. The van der Waals surface area contributed by atoms with E-state index in [1.807, 2.05) is 0 Å². The maximum absolute atomic E-state index is 10.5. The molecule has 0 radical (unpaired) electrons. The van der Waals surface area contributed by atoms with E-state index in [1.54, 1.807) is 0 Å². The number of aliphatic hydroxyl groups is 1. The summed E-state index contributed by atoms with van der Waals surface area (Å²) in [6.45, 7) is 0. The Bertz CT molecular complexity index is 197. The summed E-state index contributed by atoms with van der Waals surface area (Å²) in [5.74, 6) is 2.26. The second-order valence-electron chi connectivity index (χ2n) is 5.20. The van der Waals surface area contributed by atoms with Gasteiger partial charge in [0.25, 0.3) is 0 Å². The van der Waals surface area contributed by atoms with E-state index < -0.39 is 0 Å². The third-order valence-electron chi connectivity index (χ3n) is 4.68. The highest BCUT2D eigenvalue weighted by Gasteiger charge is 2.54. The molecule has 3 fully saturated rings. The van der Waals surface area contributed by atoms with Crippen LogP contribution in [-0.4, -0.2) is 10.7 Å². The fourth-order valence-electron chi connectivity index (χ4n) is 3.75. The van der Waals surface area contributed by atoms with Crippen molar-refractivity contribution in [3.8, 4) is 0 Å². The van der Waals surface area contributed by atoms with Crippen LogP contribution in [0.25, 0.3) is 0 Å². The Morgan fingerprint density at radius 3 is 2.25 bits per heavy atom. The fraction of sp³-hybridized carbons (Fsp3) is 1.00. The van der Waals surface area contributed by atoms with E-state index in [0.29, 0.717) is 11.8 Å². The standard InChI is InChI=1S/C11H18O/c12-11(9-2-1-3-9)7-8-4-5-10(11)6-8/h8-10,12H,1-7H2. The van der Waals surface area contributed by atoms with Crippen LogP contribution in [0.3, 0.4) is 0 Å². The molecule has 3 aliphatic carbocycles. The molecule has 0 aromatic heterocycles. The van der Waals surface area contributed by atoms with E-state index in [-0.39, 0.29) is 5.60 Å². The molecular weight excluding hydrogens is 148 g/mol. The summed E-state index contributed by atoms with van der Waals surface area (Å²) in [6, 6.07) is 0. The van der Waals surface area contributed by atoms with Crippen LogP contribution in [0.15, 0.2) is 0 Å². The predicted octanol–water partition coefficient (Wildman–Crippen LogP) is 2.34.